The van der Waals surface area contributed by atoms with E-state index in [0.717, 1.165) is 50.5 Å². The van der Waals surface area contributed by atoms with Crippen molar-refractivity contribution in [2.45, 2.75) is 82.5 Å². The molecule has 5 aliphatic rings. The molecule has 1 saturated heterocycles. The zero-order valence-electron chi connectivity index (χ0n) is 16.4. The molecule has 0 aromatic carbocycles. The Bertz CT molecular complexity index is 801. The van der Waals surface area contributed by atoms with Crippen molar-refractivity contribution in [2.24, 2.45) is 28.6 Å². The van der Waals surface area contributed by atoms with Crippen LogP contribution in [0.3, 0.4) is 0 Å². The Labute approximate surface area is 160 Å². The van der Waals surface area contributed by atoms with Crippen LogP contribution in [-0.2, 0) is 15.1 Å². The first-order valence-corrected chi connectivity index (χ1v) is 10.8. The molecule has 0 bridgehead atoms. The van der Waals surface area contributed by atoms with Crippen molar-refractivity contribution in [3.8, 4) is 0 Å². The highest BCUT2D eigenvalue weighted by atomic mass is 16.6. The third-order valence-electron chi connectivity index (χ3n) is 10.0. The number of fused-ring (bicyclic) bond motifs is 3. The first kappa shape index (κ1) is 16.8. The van der Waals surface area contributed by atoms with Crippen molar-refractivity contribution in [1.82, 2.24) is 0 Å². The number of hydrogen-bond acceptors (Lipinski definition) is 4. The molecule has 0 radical (unpaired) electrons. The Morgan fingerprint density at radius 3 is 2.78 bits per heavy atom. The zero-order valence-corrected chi connectivity index (χ0v) is 16.4. The van der Waals surface area contributed by atoms with Crippen LogP contribution < -0.4 is 0 Å². The molecule has 0 unspecified atom stereocenters. The van der Waals surface area contributed by atoms with Crippen molar-refractivity contribution in [3.05, 3.63) is 24.2 Å². The van der Waals surface area contributed by atoms with Gasteiger partial charge in [-0.25, -0.2) is 0 Å². The summed E-state index contributed by atoms with van der Waals surface area (Å²) < 4.78 is 11.8. The quantitative estimate of drug-likeness (QED) is 0.752. The molecule has 6 rings (SSSR count). The summed E-state index contributed by atoms with van der Waals surface area (Å²) in [4.78, 5) is 12.1. The number of ketones is 1. The van der Waals surface area contributed by atoms with E-state index in [9.17, 15) is 9.90 Å². The van der Waals surface area contributed by atoms with Crippen LogP contribution in [0.25, 0.3) is 0 Å². The summed E-state index contributed by atoms with van der Waals surface area (Å²) in [5.74, 6) is 2.14. The summed E-state index contributed by atoms with van der Waals surface area (Å²) in [7, 11) is 0. The molecule has 4 aliphatic carbocycles. The summed E-state index contributed by atoms with van der Waals surface area (Å²) in [6.07, 6.45) is 11.2. The topological polar surface area (TPSA) is 63.0 Å². The fourth-order valence-corrected chi connectivity index (χ4v) is 8.44. The lowest BCUT2D eigenvalue weighted by Gasteiger charge is -2.61. The van der Waals surface area contributed by atoms with E-state index < -0.39 is 5.60 Å². The summed E-state index contributed by atoms with van der Waals surface area (Å²) in [6.45, 7) is 4.72. The number of ether oxygens (including phenoxy) is 1. The van der Waals surface area contributed by atoms with E-state index in [2.05, 4.69) is 13.8 Å². The number of carbonyl (C=O) groups excluding carboxylic acids is 1. The number of hydrogen-bond donors (Lipinski definition) is 1. The van der Waals surface area contributed by atoms with E-state index in [1.165, 1.54) is 0 Å². The number of epoxide rings is 1. The largest absolute Gasteiger partial charge is 0.472 e. The van der Waals surface area contributed by atoms with Gasteiger partial charge < -0.3 is 14.3 Å². The van der Waals surface area contributed by atoms with Gasteiger partial charge in [-0.3, -0.25) is 4.79 Å². The predicted octanol–water partition coefficient (Wildman–Crippen LogP) is 4.21. The van der Waals surface area contributed by atoms with Gasteiger partial charge in [0.2, 0.25) is 0 Å². The van der Waals surface area contributed by atoms with Gasteiger partial charge in [0.1, 0.15) is 17.0 Å². The monoisotopic (exact) mass is 370 g/mol. The fraction of sp³-hybridized carbons (Fsp3) is 0.783. The number of rotatable bonds is 1. The number of aliphatic hydroxyl groups is 1. The minimum absolute atomic E-state index is 0.167. The Morgan fingerprint density at radius 1 is 1.15 bits per heavy atom. The lowest BCUT2D eigenvalue weighted by molar-refractivity contribution is -0.190. The number of Topliss-reactive ketones (excluding diaryl/α,β-unsaturated/α-hetero) is 1. The second kappa shape index (κ2) is 4.88. The normalized spacial score (nSPS) is 56.0. The van der Waals surface area contributed by atoms with Crippen LogP contribution in [0.5, 0.6) is 0 Å². The van der Waals surface area contributed by atoms with Gasteiger partial charge >= 0.3 is 0 Å². The summed E-state index contributed by atoms with van der Waals surface area (Å²) >= 11 is 0. The predicted molar refractivity (Wildman–Crippen MR) is 98.8 cm³/mol. The van der Waals surface area contributed by atoms with Crippen LogP contribution in [0.4, 0.5) is 0 Å². The average Bonchev–Trinajstić information content (AvgIpc) is 3.03. The molecule has 1 aliphatic heterocycles. The van der Waals surface area contributed by atoms with Gasteiger partial charge in [-0.05, 0) is 61.3 Å². The minimum Gasteiger partial charge on any atom is -0.472 e. The van der Waals surface area contributed by atoms with E-state index in [1.54, 1.807) is 12.5 Å². The van der Waals surface area contributed by atoms with Crippen LogP contribution in [-0.4, -0.2) is 22.6 Å². The fourth-order valence-electron chi connectivity index (χ4n) is 8.44. The van der Waals surface area contributed by atoms with Crippen molar-refractivity contribution < 1.29 is 19.1 Å². The SMILES string of the molecule is C[C@]12CCC(=O)C[C@H]1CC[C@@H]1[C@@H]2CC[C@@]2(C)[C@@]13O[C@@H]3C[C@]2(O)c1ccoc1. The molecule has 1 aromatic rings. The molecule has 146 valence electrons. The molecule has 4 nitrogen and oxygen atoms in total. The van der Waals surface area contributed by atoms with E-state index in [0.29, 0.717) is 30.0 Å². The van der Waals surface area contributed by atoms with Crippen LogP contribution in [0.15, 0.2) is 23.0 Å². The van der Waals surface area contributed by atoms with Crippen molar-refractivity contribution in [3.63, 3.8) is 0 Å². The molecular weight excluding hydrogens is 340 g/mol. The lowest BCUT2D eigenvalue weighted by atomic mass is 9.43. The van der Waals surface area contributed by atoms with Gasteiger partial charge in [-0.2, -0.15) is 0 Å². The molecule has 0 amide bonds. The Balaban J connectivity index is 1.40. The first-order valence-electron chi connectivity index (χ1n) is 10.8. The second-order valence-electron chi connectivity index (χ2n) is 10.6. The summed E-state index contributed by atoms with van der Waals surface area (Å²) in [6, 6.07) is 1.93. The summed E-state index contributed by atoms with van der Waals surface area (Å²) in [5, 5.41) is 11.8. The van der Waals surface area contributed by atoms with Crippen LogP contribution in [0, 0.1) is 28.6 Å². The Kier molecular flexibility index (Phi) is 3.04. The van der Waals surface area contributed by atoms with Crippen LogP contribution >= 0.6 is 0 Å². The molecule has 8 atom stereocenters. The van der Waals surface area contributed by atoms with E-state index in [-0.39, 0.29) is 22.5 Å². The third kappa shape index (κ3) is 1.72. The highest BCUT2D eigenvalue weighted by Gasteiger charge is 2.84. The molecular formula is C23H30O4. The van der Waals surface area contributed by atoms with Gasteiger partial charge in [0.15, 0.2) is 0 Å². The first-order chi connectivity index (χ1) is 12.9. The highest BCUT2D eigenvalue weighted by molar-refractivity contribution is 5.79. The van der Waals surface area contributed by atoms with Gasteiger partial charge in [-0.15, -0.1) is 0 Å². The summed E-state index contributed by atoms with van der Waals surface area (Å²) in [5.41, 5.74) is -0.115. The second-order valence-corrected chi connectivity index (χ2v) is 10.6. The molecule has 5 fully saturated rings. The van der Waals surface area contributed by atoms with Gasteiger partial charge in [0.05, 0.1) is 18.6 Å². The van der Waals surface area contributed by atoms with Crippen molar-refractivity contribution in [2.75, 3.05) is 0 Å². The van der Waals surface area contributed by atoms with E-state index in [4.69, 9.17) is 9.15 Å². The van der Waals surface area contributed by atoms with Crippen LogP contribution in [0.2, 0.25) is 0 Å². The van der Waals surface area contributed by atoms with E-state index >= 15 is 0 Å². The smallest absolute Gasteiger partial charge is 0.133 e. The third-order valence-corrected chi connectivity index (χ3v) is 10.0. The maximum atomic E-state index is 12.1. The molecule has 1 aromatic heterocycles. The lowest BCUT2D eigenvalue weighted by Crippen LogP contribution is -2.61. The Hall–Kier alpha value is -1.13. The molecule has 27 heavy (non-hydrogen) atoms. The maximum Gasteiger partial charge on any atom is 0.133 e. The molecule has 1 spiro atoms. The van der Waals surface area contributed by atoms with Crippen molar-refractivity contribution in [1.29, 1.82) is 0 Å². The number of furan rings is 1. The van der Waals surface area contributed by atoms with Crippen molar-refractivity contribution >= 4 is 5.78 Å². The molecule has 4 heteroatoms. The van der Waals surface area contributed by atoms with Gasteiger partial charge in [0, 0.05) is 30.2 Å². The molecule has 1 N–H and O–H groups in total. The number of carbonyl (C=O) groups is 1. The zero-order chi connectivity index (χ0) is 18.7. The Morgan fingerprint density at radius 2 is 2.00 bits per heavy atom. The minimum atomic E-state index is -0.853. The van der Waals surface area contributed by atoms with E-state index in [1.807, 2.05) is 6.07 Å². The van der Waals surface area contributed by atoms with Crippen LogP contribution in [0.1, 0.15) is 70.8 Å². The standard InChI is InChI=1S/C23H30O4/c1-20-8-5-16(24)11-14(20)3-4-18-17(20)6-9-21(2)22(25,15-7-10-26-13-15)12-19-23(18,21)27-19/h7,10,13-14,17-19,25H,3-6,8-9,11-12H2,1-2H3/t14-,17+,18-,19-,20+,21-,22+,23-/m1/s1. The average molecular weight is 370 g/mol. The molecule has 4 saturated carbocycles. The highest BCUT2D eigenvalue weighted by Crippen LogP contribution is 2.78. The molecule has 2 heterocycles. The van der Waals surface area contributed by atoms with Gasteiger partial charge in [-0.1, -0.05) is 13.8 Å². The maximum absolute atomic E-state index is 12.1. The van der Waals surface area contributed by atoms with Gasteiger partial charge in [0.25, 0.3) is 0 Å².